The first-order valence-electron chi connectivity index (χ1n) is 7.30. The van der Waals surface area contributed by atoms with Gasteiger partial charge >= 0.3 is 6.09 Å². The van der Waals surface area contributed by atoms with Gasteiger partial charge in [-0.2, -0.15) is 5.10 Å². The first-order valence-corrected chi connectivity index (χ1v) is 7.30. The van der Waals surface area contributed by atoms with E-state index in [0.717, 1.165) is 0 Å². The Balaban J connectivity index is 1.97. The topological polar surface area (TPSA) is 116 Å². The van der Waals surface area contributed by atoms with Gasteiger partial charge in [0, 0.05) is 19.2 Å². The van der Waals surface area contributed by atoms with E-state index >= 15 is 0 Å². The molecule has 0 spiro atoms. The van der Waals surface area contributed by atoms with Gasteiger partial charge in [0.05, 0.1) is 6.04 Å². The molecule has 22 heavy (non-hydrogen) atoms. The average molecular weight is 309 g/mol. The molecule has 0 bridgehead atoms. The highest BCUT2D eigenvalue weighted by molar-refractivity contribution is 5.91. The van der Waals surface area contributed by atoms with Crippen molar-refractivity contribution in [3.63, 3.8) is 0 Å². The first-order chi connectivity index (χ1) is 10.2. The number of nitrogen functional groups attached to an aromatic ring is 1. The molecule has 0 saturated carbocycles. The van der Waals surface area contributed by atoms with E-state index in [2.05, 4.69) is 5.10 Å². The third-order valence-corrected chi connectivity index (χ3v) is 3.48. The highest BCUT2D eigenvalue weighted by Crippen LogP contribution is 2.26. The Bertz CT molecular complexity index is 568. The largest absolute Gasteiger partial charge is 0.444 e. The average Bonchev–Trinajstić information content (AvgIpc) is 2.79. The number of rotatable bonds is 2. The fourth-order valence-electron chi connectivity index (χ4n) is 2.44. The minimum Gasteiger partial charge on any atom is -0.444 e. The second-order valence-corrected chi connectivity index (χ2v) is 6.46. The predicted molar refractivity (Wildman–Crippen MR) is 81.2 cm³/mol. The fraction of sp³-hybridized carbons (Fsp3) is 0.643. The zero-order valence-corrected chi connectivity index (χ0v) is 13.2. The lowest BCUT2D eigenvalue weighted by Gasteiger charge is -2.33. The van der Waals surface area contributed by atoms with Gasteiger partial charge in [0.25, 0.3) is 5.91 Å². The van der Waals surface area contributed by atoms with Crippen molar-refractivity contribution in [1.29, 1.82) is 0 Å². The van der Waals surface area contributed by atoms with Crippen molar-refractivity contribution in [2.75, 3.05) is 18.8 Å². The van der Waals surface area contributed by atoms with Crippen LogP contribution in [0, 0.1) is 0 Å². The minimum absolute atomic E-state index is 0.0480. The molecule has 0 radical (unpaired) electrons. The van der Waals surface area contributed by atoms with Gasteiger partial charge in [-0.15, -0.1) is 0 Å². The Morgan fingerprint density at radius 1 is 1.32 bits per heavy atom. The van der Waals surface area contributed by atoms with E-state index in [4.69, 9.17) is 16.2 Å². The number of carbonyl (C=O) groups excluding carboxylic acids is 2. The third kappa shape index (κ3) is 3.69. The Hall–Kier alpha value is -2.25. The third-order valence-electron chi connectivity index (χ3n) is 3.48. The van der Waals surface area contributed by atoms with Crippen LogP contribution in [0.1, 0.15) is 50.1 Å². The number of piperidine rings is 1. The summed E-state index contributed by atoms with van der Waals surface area (Å²) in [7, 11) is 0. The number of primary amides is 1. The maximum Gasteiger partial charge on any atom is 0.410 e. The number of carbonyl (C=O) groups is 2. The van der Waals surface area contributed by atoms with Gasteiger partial charge < -0.3 is 21.1 Å². The molecule has 8 heteroatoms. The van der Waals surface area contributed by atoms with Gasteiger partial charge in [0.15, 0.2) is 5.69 Å². The molecule has 2 heterocycles. The van der Waals surface area contributed by atoms with Gasteiger partial charge in [0.1, 0.15) is 11.4 Å². The molecule has 0 aliphatic carbocycles. The van der Waals surface area contributed by atoms with Gasteiger partial charge in [-0.3, -0.25) is 4.79 Å². The number of hydrogen-bond acceptors (Lipinski definition) is 5. The summed E-state index contributed by atoms with van der Waals surface area (Å²) in [6.45, 7) is 6.64. The van der Waals surface area contributed by atoms with Crippen molar-refractivity contribution in [2.24, 2.45) is 5.73 Å². The zero-order chi connectivity index (χ0) is 16.5. The van der Waals surface area contributed by atoms with E-state index in [0.29, 0.717) is 31.7 Å². The predicted octanol–water partition coefficient (Wildman–Crippen LogP) is 1.14. The Kier molecular flexibility index (Phi) is 4.30. The summed E-state index contributed by atoms with van der Waals surface area (Å²) in [4.78, 5) is 24.8. The van der Waals surface area contributed by atoms with Crippen LogP contribution >= 0.6 is 0 Å². The second-order valence-electron chi connectivity index (χ2n) is 6.46. The van der Waals surface area contributed by atoms with Crippen LogP contribution in [-0.2, 0) is 4.74 Å². The molecule has 122 valence electrons. The number of amides is 2. The lowest BCUT2D eigenvalue weighted by molar-refractivity contribution is 0.0185. The summed E-state index contributed by atoms with van der Waals surface area (Å²) in [5, 5.41) is 4.14. The molecule has 4 N–H and O–H groups in total. The molecule has 0 atom stereocenters. The maximum atomic E-state index is 12.0. The van der Waals surface area contributed by atoms with E-state index in [9.17, 15) is 9.59 Å². The van der Waals surface area contributed by atoms with Crippen molar-refractivity contribution < 1.29 is 14.3 Å². The summed E-state index contributed by atoms with van der Waals surface area (Å²) in [6.07, 6.45) is 1.09. The van der Waals surface area contributed by atoms with Crippen LogP contribution in [-0.4, -0.2) is 45.4 Å². The summed E-state index contributed by atoms with van der Waals surface area (Å²) in [5.41, 5.74) is 10.7. The quantitative estimate of drug-likeness (QED) is 0.849. The molecule has 1 aromatic rings. The van der Waals surface area contributed by atoms with E-state index in [1.165, 1.54) is 6.07 Å². The number of hydrogen-bond donors (Lipinski definition) is 2. The van der Waals surface area contributed by atoms with Crippen molar-refractivity contribution >= 4 is 17.8 Å². The van der Waals surface area contributed by atoms with Crippen molar-refractivity contribution in [3.8, 4) is 0 Å². The molecular weight excluding hydrogens is 286 g/mol. The van der Waals surface area contributed by atoms with Crippen LogP contribution in [0.15, 0.2) is 6.07 Å². The van der Waals surface area contributed by atoms with Crippen molar-refractivity contribution in [2.45, 2.75) is 45.3 Å². The molecule has 2 amide bonds. The van der Waals surface area contributed by atoms with Crippen LogP contribution in [0.25, 0.3) is 0 Å². The molecular formula is C14H23N5O3. The van der Waals surface area contributed by atoms with Gasteiger partial charge in [0.2, 0.25) is 0 Å². The van der Waals surface area contributed by atoms with E-state index in [1.807, 2.05) is 20.8 Å². The van der Waals surface area contributed by atoms with Gasteiger partial charge in [-0.1, -0.05) is 0 Å². The summed E-state index contributed by atoms with van der Waals surface area (Å²) >= 11 is 0. The molecule has 1 fully saturated rings. The molecule has 1 aliphatic rings. The van der Waals surface area contributed by atoms with E-state index in [-0.39, 0.29) is 17.8 Å². The van der Waals surface area contributed by atoms with E-state index < -0.39 is 11.5 Å². The normalized spacial score (nSPS) is 16.6. The van der Waals surface area contributed by atoms with Crippen molar-refractivity contribution in [3.05, 3.63) is 11.8 Å². The molecule has 1 aromatic heterocycles. The minimum atomic E-state index is -0.600. The molecule has 8 nitrogen and oxygen atoms in total. The molecule has 1 aliphatic heterocycles. The fourth-order valence-corrected chi connectivity index (χ4v) is 2.44. The number of aromatic nitrogens is 2. The van der Waals surface area contributed by atoms with Crippen LogP contribution in [0.5, 0.6) is 0 Å². The van der Waals surface area contributed by atoms with Crippen LogP contribution in [0.3, 0.4) is 0 Å². The lowest BCUT2D eigenvalue weighted by Crippen LogP contribution is -2.42. The zero-order valence-electron chi connectivity index (χ0n) is 13.2. The highest BCUT2D eigenvalue weighted by atomic mass is 16.6. The summed E-state index contributed by atoms with van der Waals surface area (Å²) in [6, 6.07) is 1.52. The number of ether oxygens (including phenoxy) is 1. The molecule has 2 rings (SSSR count). The highest BCUT2D eigenvalue weighted by Gasteiger charge is 2.28. The van der Waals surface area contributed by atoms with Crippen LogP contribution < -0.4 is 11.5 Å². The van der Waals surface area contributed by atoms with Crippen LogP contribution in [0.2, 0.25) is 0 Å². The summed E-state index contributed by atoms with van der Waals surface area (Å²) in [5.74, 6) is -0.193. The second kappa shape index (κ2) is 5.86. The summed E-state index contributed by atoms with van der Waals surface area (Å²) < 4.78 is 6.97. The number of anilines is 1. The lowest BCUT2D eigenvalue weighted by atomic mass is 10.1. The SMILES string of the molecule is CC(C)(C)OC(=O)N1CCC(n2nc(C(N)=O)cc2N)CC1. The Labute approximate surface area is 129 Å². The van der Waals surface area contributed by atoms with Crippen LogP contribution in [0.4, 0.5) is 10.6 Å². The van der Waals surface area contributed by atoms with Gasteiger partial charge in [-0.05, 0) is 33.6 Å². The number of nitrogens with zero attached hydrogens (tertiary/aromatic N) is 3. The number of nitrogens with two attached hydrogens (primary N) is 2. The Morgan fingerprint density at radius 2 is 1.91 bits per heavy atom. The Morgan fingerprint density at radius 3 is 2.36 bits per heavy atom. The monoisotopic (exact) mass is 309 g/mol. The smallest absolute Gasteiger partial charge is 0.410 e. The first kappa shape index (κ1) is 16.1. The van der Waals surface area contributed by atoms with Gasteiger partial charge in [-0.25, -0.2) is 9.48 Å². The molecule has 0 unspecified atom stereocenters. The van der Waals surface area contributed by atoms with E-state index in [1.54, 1.807) is 9.58 Å². The van der Waals surface area contributed by atoms with Crippen molar-refractivity contribution in [1.82, 2.24) is 14.7 Å². The molecule has 1 saturated heterocycles. The standard InChI is InChI=1S/C14H23N5O3/c1-14(2,3)22-13(21)18-6-4-9(5-7-18)19-11(15)8-10(17-19)12(16)20/h8-9H,4-7,15H2,1-3H3,(H2,16,20). The molecule has 0 aromatic carbocycles. The number of likely N-dealkylation sites (tertiary alicyclic amines) is 1. The maximum absolute atomic E-state index is 12.0.